The van der Waals surface area contributed by atoms with Crippen LogP contribution < -0.4 is 0 Å². The van der Waals surface area contributed by atoms with E-state index < -0.39 is 11.7 Å². The molecule has 1 saturated carbocycles. The van der Waals surface area contributed by atoms with Crippen LogP contribution in [-0.2, 0) is 4.74 Å². The van der Waals surface area contributed by atoms with E-state index in [0.717, 1.165) is 25.7 Å². The Hall–Kier alpha value is -0.280. The molecule has 0 heterocycles. The van der Waals surface area contributed by atoms with Crippen molar-refractivity contribution in [3.63, 3.8) is 0 Å². The van der Waals surface area contributed by atoms with E-state index >= 15 is 0 Å². The Bertz CT molecular complexity index is 440. The summed E-state index contributed by atoms with van der Waals surface area (Å²) in [4.78, 5) is 0. The monoisotopic (exact) mass is 302 g/mol. The minimum absolute atomic E-state index is 0.423. The number of halogens is 2. The molecule has 1 aliphatic rings. The maximum Gasteiger partial charge on any atom is 0.109 e. The number of hydrogen-bond donors (Lipinski definition) is 1. The molecule has 106 valence electrons. The number of aliphatic hydroxyl groups is 1. The highest BCUT2D eigenvalue weighted by Crippen LogP contribution is 2.45. The van der Waals surface area contributed by atoms with Crippen LogP contribution in [0.15, 0.2) is 18.2 Å². The lowest BCUT2D eigenvalue weighted by atomic mass is 9.74. The highest BCUT2D eigenvalue weighted by Gasteiger charge is 2.42. The van der Waals surface area contributed by atoms with Gasteiger partial charge in [0.25, 0.3) is 0 Å². The Morgan fingerprint density at radius 1 is 1.32 bits per heavy atom. The average molecular weight is 303 g/mol. The molecule has 2 nitrogen and oxygen atoms in total. The lowest BCUT2D eigenvalue weighted by molar-refractivity contribution is -0.130. The van der Waals surface area contributed by atoms with Gasteiger partial charge in [0.15, 0.2) is 0 Å². The highest BCUT2D eigenvalue weighted by molar-refractivity contribution is 6.42. The van der Waals surface area contributed by atoms with E-state index in [4.69, 9.17) is 27.9 Å². The topological polar surface area (TPSA) is 29.5 Å². The lowest BCUT2D eigenvalue weighted by Gasteiger charge is -2.42. The third kappa shape index (κ3) is 2.92. The minimum atomic E-state index is -0.740. The quantitative estimate of drug-likeness (QED) is 0.882. The molecule has 19 heavy (non-hydrogen) atoms. The van der Waals surface area contributed by atoms with Crippen molar-refractivity contribution in [3.05, 3.63) is 33.8 Å². The molecule has 1 aliphatic carbocycles. The van der Waals surface area contributed by atoms with Gasteiger partial charge >= 0.3 is 0 Å². The van der Waals surface area contributed by atoms with Gasteiger partial charge in [0.05, 0.1) is 15.6 Å². The summed E-state index contributed by atoms with van der Waals surface area (Å²) < 4.78 is 5.69. The van der Waals surface area contributed by atoms with Crippen LogP contribution in [0.5, 0.6) is 0 Å². The Balaban J connectivity index is 2.30. The number of hydrogen-bond acceptors (Lipinski definition) is 2. The van der Waals surface area contributed by atoms with Gasteiger partial charge < -0.3 is 9.84 Å². The van der Waals surface area contributed by atoms with Gasteiger partial charge in [0.1, 0.15) is 6.10 Å². The third-order valence-corrected chi connectivity index (χ3v) is 5.14. The summed E-state index contributed by atoms with van der Waals surface area (Å²) >= 11 is 12.2. The van der Waals surface area contributed by atoms with Crippen LogP contribution in [0.2, 0.25) is 10.0 Å². The Morgan fingerprint density at radius 3 is 2.53 bits per heavy atom. The fraction of sp³-hybridized carbons (Fsp3) is 0.600. The van der Waals surface area contributed by atoms with Crippen LogP contribution in [0, 0.1) is 5.92 Å². The average Bonchev–Trinajstić information content (AvgIpc) is 2.42. The molecule has 0 bridgehead atoms. The number of benzene rings is 1. The standard InChI is InChI=1S/C15H20Cl2O2/c1-10-6-8-15(19-2,9-7-10)14(18)11-4-3-5-12(16)13(11)17/h3-5,10,14,18H,6-9H2,1-2H3. The summed E-state index contributed by atoms with van der Waals surface area (Å²) in [5.74, 6) is 0.685. The molecule has 0 spiro atoms. The van der Waals surface area contributed by atoms with Crippen molar-refractivity contribution in [3.8, 4) is 0 Å². The second-order valence-electron chi connectivity index (χ2n) is 5.50. The molecule has 2 rings (SSSR count). The molecular weight excluding hydrogens is 283 g/mol. The molecule has 0 radical (unpaired) electrons. The first-order chi connectivity index (χ1) is 9.00. The van der Waals surface area contributed by atoms with Gasteiger partial charge in [-0.2, -0.15) is 0 Å². The summed E-state index contributed by atoms with van der Waals surface area (Å²) in [7, 11) is 1.66. The van der Waals surface area contributed by atoms with E-state index in [9.17, 15) is 5.11 Å². The molecule has 1 N–H and O–H groups in total. The Morgan fingerprint density at radius 2 is 1.95 bits per heavy atom. The SMILES string of the molecule is COC1(C(O)c2cccc(Cl)c2Cl)CCC(C)CC1. The van der Waals surface area contributed by atoms with Gasteiger partial charge in [0.2, 0.25) is 0 Å². The van der Waals surface area contributed by atoms with E-state index in [0.29, 0.717) is 21.5 Å². The van der Waals surface area contributed by atoms with Crippen LogP contribution in [0.1, 0.15) is 44.3 Å². The fourth-order valence-corrected chi connectivity index (χ4v) is 3.27. The molecule has 0 aromatic heterocycles. The van der Waals surface area contributed by atoms with Gasteiger partial charge in [-0.3, -0.25) is 0 Å². The van der Waals surface area contributed by atoms with Crippen LogP contribution in [0.25, 0.3) is 0 Å². The predicted molar refractivity (Wildman–Crippen MR) is 78.8 cm³/mol. The zero-order valence-corrected chi connectivity index (χ0v) is 12.8. The zero-order chi connectivity index (χ0) is 14.0. The van der Waals surface area contributed by atoms with E-state index in [1.54, 1.807) is 13.2 Å². The number of aliphatic hydroxyl groups excluding tert-OH is 1. The van der Waals surface area contributed by atoms with Gasteiger partial charge in [-0.15, -0.1) is 0 Å². The Labute approximate surface area is 124 Å². The van der Waals surface area contributed by atoms with Gasteiger partial charge in [-0.1, -0.05) is 42.3 Å². The van der Waals surface area contributed by atoms with Crippen molar-refractivity contribution in [2.45, 2.75) is 44.3 Å². The van der Waals surface area contributed by atoms with Gasteiger partial charge in [-0.25, -0.2) is 0 Å². The molecule has 1 unspecified atom stereocenters. The van der Waals surface area contributed by atoms with E-state index in [-0.39, 0.29) is 0 Å². The van der Waals surface area contributed by atoms with Crippen molar-refractivity contribution >= 4 is 23.2 Å². The molecule has 1 aromatic rings. The Kier molecular flexibility index (Phi) is 4.78. The highest BCUT2D eigenvalue weighted by atomic mass is 35.5. The third-order valence-electron chi connectivity index (χ3n) is 4.30. The molecule has 0 amide bonds. The second kappa shape index (κ2) is 6.01. The first-order valence-corrected chi connectivity index (χ1v) is 7.43. The van der Waals surface area contributed by atoms with Crippen molar-refractivity contribution < 1.29 is 9.84 Å². The molecule has 1 aromatic carbocycles. The molecule has 0 saturated heterocycles. The normalized spacial score (nSPS) is 29.2. The number of methoxy groups -OCH3 is 1. The van der Waals surface area contributed by atoms with Crippen LogP contribution in [0.4, 0.5) is 0 Å². The first-order valence-electron chi connectivity index (χ1n) is 6.67. The van der Waals surface area contributed by atoms with Crippen molar-refractivity contribution in [2.75, 3.05) is 7.11 Å². The van der Waals surface area contributed by atoms with E-state index in [1.165, 1.54) is 0 Å². The predicted octanol–water partition coefficient (Wildman–Crippen LogP) is 4.62. The smallest absolute Gasteiger partial charge is 0.109 e. The number of ether oxygens (including phenoxy) is 1. The summed E-state index contributed by atoms with van der Waals surface area (Å²) in [6, 6.07) is 5.35. The fourth-order valence-electron chi connectivity index (χ4n) is 2.86. The summed E-state index contributed by atoms with van der Waals surface area (Å²) in [5.41, 5.74) is 0.117. The maximum atomic E-state index is 10.7. The van der Waals surface area contributed by atoms with Crippen LogP contribution in [0.3, 0.4) is 0 Å². The summed E-state index contributed by atoms with van der Waals surface area (Å²) in [6.45, 7) is 2.23. The zero-order valence-electron chi connectivity index (χ0n) is 11.3. The molecule has 1 fully saturated rings. The largest absolute Gasteiger partial charge is 0.385 e. The van der Waals surface area contributed by atoms with Crippen LogP contribution in [-0.4, -0.2) is 17.8 Å². The lowest BCUT2D eigenvalue weighted by Crippen LogP contribution is -2.42. The molecule has 0 aliphatic heterocycles. The molecular formula is C15H20Cl2O2. The van der Waals surface area contributed by atoms with E-state index in [2.05, 4.69) is 6.92 Å². The molecule has 1 atom stereocenters. The van der Waals surface area contributed by atoms with Crippen molar-refractivity contribution in [1.29, 1.82) is 0 Å². The number of rotatable bonds is 3. The van der Waals surface area contributed by atoms with Gasteiger partial charge in [0, 0.05) is 12.7 Å². The maximum absolute atomic E-state index is 10.7. The minimum Gasteiger partial charge on any atom is -0.385 e. The summed E-state index contributed by atoms with van der Waals surface area (Å²) in [6.07, 6.45) is 3.06. The van der Waals surface area contributed by atoms with Gasteiger partial charge in [-0.05, 0) is 37.7 Å². The van der Waals surface area contributed by atoms with Crippen LogP contribution >= 0.6 is 23.2 Å². The van der Waals surface area contributed by atoms with Crippen molar-refractivity contribution in [2.24, 2.45) is 5.92 Å². The first kappa shape index (κ1) is 15.1. The van der Waals surface area contributed by atoms with Crippen molar-refractivity contribution in [1.82, 2.24) is 0 Å². The molecule has 4 heteroatoms. The second-order valence-corrected chi connectivity index (χ2v) is 6.28. The van der Waals surface area contributed by atoms with E-state index in [1.807, 2.05) is 12.1 Å². The summed E-state index contributed by atoms with van der Waals surface area (Å²) in [5, 5.41) is 11.6.